The number of rotatable bonds is 11. The molecule has 4 fully saturated rings. The molecule has 0 aromatic rings. The number of fused-ring (bicyclic) bond motifs is 4. The lowest BCUT2D eigenvalue weighted by atomic mass is 9.38. The van der Waals surface area contributed by atoms with Gasteiger partial charge in [0.2, 0.25) is 0 Å². The van der Waals surface area contributed by atoms with Crippen LogP contribution in [0.1, 0.15) is 117 Å². The fourth-order valence-corrected chi connectivity index (χ4v) is 12.6. The summed E-state index contributed by atoms with van der Waals surface area (Å²) in [7, 11) is 0. The van der Waals surface area contributed by atoms with Crippen LogP contribution in [0.5, 0.6) is 0 Å². The van der Waals surface area contributed by atoms with E-state index in [1.807, 2.05) is 18.4 Å². The first-order valence-corrected chi connectivity index (χ1v) is 20.0. The van der Waals surface area contributed by atoms with Crippen LogP contribution in [0, 0.1) is 51.8 Å². The summed E-state index contributed by atoms with van der Waals surface area (Å²) in [5.74, 6) is 6.40. The van der Waals surface area contributed by atoms with E-state index in [-0.39, 0.29) is 43.0 Å². The van der Waals surface area contributed by atoms with Crippen LogP contribution in [0.15, 0.2) is 35.6 Å². The Morgan fingerprint density at radius 2 is 1.88 bits per heavy atom. The third kappa shape index (κ3) is 5.65. The van der Waals surface area contributed by atoms with Gasteiger partial charge < -0.3 is 41.3 Å². The average molecular weight is 707 g/mol. The molecule has 6 aliphatic carbocycles. The van der Waals surface area contributed by atoms with Crippen LogP contribution in [0.4, 0.5) is 0 Å². The topological polar surface area (TPSA) is 166 Å². The minimum atomic E-state index is -1.57. The zero-order valence-corrected chi connectivity index (χ0v) is 30.9. The first-order valence-electron chi connectivity index (χ1n) is 20.0. The summed E-state index contributed by atoms with van der Waals surface area (Å²) in [6.07, 6.45) is 13.6. The molecule has 2 aliphatic heterocycles. The molecule has 9 heteroatoms. The van der Waals surface area contributed by atoms with Crippen molar-refractivity contribution in [2.75, 3.05) is 6.61 Å². The molecule has 51 heavy (non-hydrogen) atoms. The van der Waals surface area contributed by atoms with Crippen LogP contribution >= 0.6 is 0 Å². The molecule has 4 bridgehead atoms. The first-order chi connectivity index (χ1) is 24.3. The number of ketones is 1. The number of nitrogens with two attached hydrogens (primary N) is 1. The molecule has 0 aromatic heterocycles. The van der Waals surface area contributed by atoms with Crippen molar-refractivity contribution in [1.82, 2.24) is 5.32 Å². The number of carbonyl (C=O) groups is 1. The van der Waals surface area contributed by atoms with E-state index in [4.69, 9.17) is 10.5 Å². The molecule has 1 unspecified atom stereocenters. The Hall–Kier alpha value is -2.03. The van der Waals surface area contributed by atoms with E-state index in [9.17, 15) is 30.3 Å². The Morgan fingerprint density at radius 3 is 2.63 bits per heavy atom. The van der Waals surface area contributed by atoms with Gasteiger partial charge in [-0.05, 0) is 117 Å². The molecule has 8 rings (SSSR count). The van der Waals surface area contributed by atoms with Gasteiger partial charge in [0.25, 0.3) is 0 Å². The molecule has 8 N–H and O–H groups in total. The lowest BCUT2D eigenvalue weighted by Gasteiger charge is -2.66. The summed E-state index contributed by atoms with van der Waals surface area (Å²) in [5.41, 5.74) is 2.16. The van der Waals surface area contributed by atoms with Gasteiger partial charge in [-0.1, -0.05) is 45.6 Å². The summed E-state index contributed by atoms with van der Waals surface area (Å²) in [5, 5.41) is 63.4. The highest BCUT2D eigenvalue weighted by atomic mass is 16.5. The minimum absolute atomic E-state index is 0.0882. The van der Waals surface area contributed by atoms with Crippen molar-refractivity contribution >= 4 is 5.78 Å². The fraction of sp³-hybridized carbons (Fsp3) is 0.786. The number of dihydropyridines is 1. The number of allylic oxidation sites excluding steroid dienone is 3. The highest BCUT2D eigenvalue weighted by Crippen LogP contribution is 2.73. The zero-order valence-electron chi connectivity index (χ0n) is 30.9. The average Bonchev–Trinajstić information content (AvgIpc) is 3.63. The second kappa shape index (κ2) is 13.7. The van der Waals surface area contributed by atoms with E-state index in [1.165, 1.54) is 19.3 Å². The Balaban J connectivity index is 1.23. The first kappa shape index (κ1) is 37.3. The predicted molar refractivity (Wildman–Crippen MR) is 194 cm³/mol. The molecule has 8 aliphatic rings. The maximum absolute atomic E-state index is 14.7. The summed E-state index contributed by atoms with van der Waals surface area (Å²) < 4.78 is 6.28. The number of aliphatic hydroxyl groups is 5. The van der Waals surface area contributed by atoms with E-state index in [1.54, 1.807) is 13.0 Å². The number of hydrogen-bond acceptors (Lipinski definition) is 9. The van der Waals surface area contributed by atoms with Gasteiger partial charge in [-0.25, -0.2) is 0 Å². The Bertz CT molecular complexity index is 1510. The Labute approximate surface area is 304 Å². The maximum Gasteiger partial charge on any atom is 0.163 e. The molecule has 1 saturated heterocycles. The van der Waals surface area contributed by atoms with Gasteiger partial charge in [-0.2, -0.15) is 0 Å². The molecule has 282 valence electrons. The number of ether oxygens (including phenoxy) is 1. The second-order valence-electron chi connectivity index (χ2n) is 17.9. The van der Waals surface area contributed by atoms with E-state index < -0.39 is 57.8 Å². The molecule has 14 atom stereocenters. The van der Waals surface area contributed by atoms with Crippen molar-refractivity contribution in [3.05, 3.63) is 35.6 Å². The van der Waals surface area contributed by atoms with Crippen molar-refractivity contribution in [2.45, 2.75) is 159 Å². The van der Waals surface area contributed by atoms with Crippen LogP contribution < -0.4 is 11.1 Å². The van der Waals surface area contributed by atoms with Gasteiger partial charge in [-0.3, -0.25) is 4.79 Å². The van der Waals surface area contributed by atoms with Gasteiger partial charge in [0.05, 0.1) is 47.7 Å². The van der Waals surface area contributed by atoms with Crippen LogP contribution in [0.25, 0.3) is 0 Å². The lowest BCUT2D eigenvalue weighted by Crippen LogP contribution is -2.68. The van der Waals surface area contributed by atoms with Gasteiger partial charge in [-0.15, -0.1) is 11.8 Å². The van der Waals surface area contributed by atoms with E-state index >= 15 is 0 Å². The largest absolute Gasteiger partial charge is 0.390 e. The second-order valence-corrected chi connectivity index (χ2v) is 17.9. The molecule has 0 amide bonds. The summed E-state index contributed by atoms with van der Waals surface area (Å²) in [4.78, 5) is 14.7. The van der Waals surface area contributed by atoms with Crippen LogP contribution in [-0.4, -0.2) is 79.7 Å². The quantitative estimate of drug-likeness (QED) is 0.123. The van der Waals surface area contributed by atoms with Crippen LogP contribution in [0.2, 0.25) is 0 Å². The van der Waals surface area contributed by atoms with E-state index in [2.05, 4.69) is 31.0 Å². The van der Waals surface area contributed by atoms with Gasteiger partial charge in [0.15, 0.2) is 5.78 Å². The van der Waals surface area contributed by atoms with Crippen molar-refractivity contribution in [2.24, 2.45) is 45.7 Å². The molecule has 2 spiro atoms. The highest BCUT2D eigenvalue weighted by molar-refractivity contribution is 5.98. The number of carbonyl (C=O) groups excluding carboxylic acids is 1. The van der Waals surface area contributed by atoms with Crippen molar-refractivity contribution in [1.29, 1.82) is 0 Å². The summed E-state index contributed by atoms with van der Waals surface area (Å²) >= 11 is 0. The molecular formula is C42H62N2O7. The lowest BCUT2D eigenvalue weighted by molar-refractivity contribution is -0.207. The molecule has 9 nitrogen and oxygen atoms in total. The SMILES string of the molecule is CCCCCC[C@@H]1CO[C@@H]([C@@H](O)[C@](C)(O)[C@H]2CC[C@@]3(O)C4=CC(=O)[C@@]56CC#CC[C@@]23CC[C@@H]4[C@@]5(CCC2=CNC(N)C=C2)C[C@H](O)[C@H](O)C6)[C@H]1C. The third-order valence-electron chi connectivity index (χ3n) is 15.5. The fourth-order valence-electron chi connectivity index (χ4n) is 12.6. The zero-order chi connectivity index (χ0) is 36.4. The molecular weight excluding hydrogens is 644 g/mol. The summed E-state index contributed by atoms with van der Waals surface area (Å²) in [6, 6.07) is 0. The number of unbranched alkanes of at least 4 members (excludes halogenated alkanes) is 3. The monoisotopic (exact) mass is 706 g/mol. The maximum atomic E-state index is 14.7. The van der Waals surface area contributed by atoms with E-state index in [0.717, 1.165) is 18.4 Å². The van der Waals surface area contributed by atoms with Gasteiger partial charge in [0, 0.05) is 24.5 Å². The Morgan fingerprint density at radius 1 is 1.12 bits per heavy atom. The molecule has 0 radical (unpaired) electrons. The smallest absolute Gasteiger partial charge is 0.163 e. The number of hydrogen-bond donors (Lipinski definition) is 7. The summed E-state index contributed by atoms with van der Waals surface area (Å²) in [6.45, 7) is 6.64. The highest BCUT2D eigenvalue weighted by Gasteiger charge is 2.74. The standard InChI is InChI=1S/C42H62N2O7/c1-4-5-6-7-10-28-25-51-36(26(28)2)37(48)38(3,49)33-15-20-42(50)30-21-34(47)41-17-9-8-16-39(33,42)19-14-29(30)40(41,22-31(45)32(46)23-41)18-13-27-11-12-35(43)44-24-27/h11-12,21,24,26,28-29,31-33,35-37,44-46,48-50H,4-7,10,13-20,22-23,25,43H2,1-3H3/t26-,28+,29-,31-,32+,33+,35?,36+,37+,38+,39+,40+,41-,42+/m0/s1. The molecule has 2 heterocycles. The minimum Gasteiger partial charge on any atom is -0.390 e. The van der Waals surface area contributed by atoms with Crippen molar-refractivity contribution in [3.63, 3.8) is 0 Å². The number of aliphatic hydroxyl groups excluding tert-OH is 3. The van der Waals surface area contributed by atoms with Gasteiger partial charge in [0.1, 0.15) is 6.10 Å². The number of nitrogens with one attached hydrogen (secondary N) is 1. The van der Waals surface area contributed by atoms with Crippen LogP contribution in [-0.2, 0) is 9.53 Å². The Kier molecular flexibility index (Phi) is 10.00. The third-order valence-corrected chi connectivity index (χ3v) is 15.5. The predicted octanol–water partition coefficient (Wildman–Crippen LogP) is 4.16. The van der Waals surface area contributed by atoms with E-state index in [0.29, 0.717) is 63.0 Å². The normalized spacial score (nSPS) is 45.9. The van der Waals surface area contributed by atoms with Crippen molar-refractivity contribution < 1.29 is 35.1 Å². The molecule has 3 saturated carbocycles. The molecule has 0 aromatic carbocycles. The van der Waals surface area contributed by atoms with Gasteiger partial charge >= 0.3 is 0 Å². The van der Waals surface area contributed by atoms with Crippen molar-refractivity contribution in [3.8, 4) is 11.8 Å². The van der Waals surface area contributed by atoms with Crippen LogP contribution in [0.3, 0.4) is 0 Å².